The second-order valence-electron chi connectivity index (χ2n) is 4.20. The first-order chi connectivity index (χ1) is 9.29. The fourth-order valence-electron chi connectivity index (χ4n) is 1.73. The van der Waals surface area contributed by atoms with Crippen molar-refractivity contribution >= 4 is 5.69 Å². The smallest absolute Gasteiger partial charge is 0.396 e. The van der Waals surface area contributed by atoms with E-state index in [-0.39, 0.29) is 17.8 Å². The SMILES string of the molecule is Nc1cccc(Cn2cc(C(F)(F)F)ccc2=O)c1F. The Hall–Kier alpha value is -2.31. The van der Waals surface area contributed by atoms with Crippen molar-refractivity contribution in [1.82, 2.24) is 4.57 Å². The first kappa shape index (κ1) is 14.1. The Labute approximate surface area is 111 Å². The Kier molecular flexibility index (Phi) is 3.52. The van der Waals surface area contributed by atoms with E-state index >= 15 is 0 Å². The van der Waals surface area contributed by atoms with Crippen LogP contribution in [0.5, 0.6) is 0 Å². The number of aromatic nitrogens is 1. The molecule has 2 N–H and O–H groups in total. The van der Waals surface area contributed by atoms with E-state index < -0.39 is 23.1 Å². The number of nitrogens with zero attached hydrogens (tertiary/aromatic N) is 1. The summed E-state index contributed by atoms with van der Waals surface area (Å²) in [6.07, 6.45) is -3.91. The highest BCUT2D eigenvalue weighted by atomic mass is 19.4. The average Bonchev–Trinajstić information content (AvgIpc) is 2.36. The highest BCUT2D eigenvalue weighted by Gasteiger charge is 2.31. The quantitative estimate of drug-likeness (QED) is 0.681. The molecule has 0 aliphatic carbocycles. The van der Waals surface area contributed by atoms with Gasteiger partial charge in [0.2, 0.25) is 0 Å². The van der Waals surface area contributed by atoms with E-state index in [1.807, 2.05) is 0 Å². The number of hydrogen-bond donors (Lipinski definition) is 1. The normalized spacial score (nSPS) is 11.6. The fourth-order valence-corrected chi connectivity index (χ4v) is 1.73. The van der Waals surface area contributed by atoms with Gasteiger partial charge in [-0.2, -0.15) is 13.2 Å². The second kappa shape index (κ2) is 4.99. The molecule has 0 saturated carbocycles. The van der Waals surface area contributed by atoms with Crippen molar-refractivity contribution in [2.75, 3.05) is 5.73 Å². The van der Waals surface area contributed by atoms with Crippen LogP contribution in [-0.4, -0.2) is 4.57 Å². The summed E-state index contributed by atoms with van der Waals surface area (Å²) in [7, 11) is 0. The Morgan fingerprint density at radius 3 is 2.50 bits per heavy atom. The minimum absolute atomic E-state index is 0.0476. The third-order valence-electron chi connectivity index (χ3n) is 2.76. The number of rotatable bonds is 2. The lowest BCUT2D eigenvalue weighted by Gasteiger charge is -2.11. The van der Waals surface area contributed by atoms with Crippen molar-refractivity contribution in [3.8, 4) is 0 Å². The number of alkyl halides is 3. The summed E-state index contributed by atoms with van der Waals surface area (Å²) < 4.78 is 52.2. The number of anilines is 1. The molecule has 1 aromatic heterocycles. The molecule has 0 aliphatic heterocycles. The Morgan fingerprint density at radius 2 is 1.85 bits per heavy atom. The molecule has 0 bridgehead atoms. The third-order valence-corrected chi connectivity index (χ3v) is 2.76. The van der Waals surface area contributed by atoms with Gasteiger partial charge in [0.05, 0.1) is 17.8 Å². The Balaban J connectivity index is 2.43. The van der Waals surface area contributed by atoms with Gasteiger partial charge in [0.15, 0.2) is 5.82 Å². The summed E-state index contributed by atoms with van der Waals surface area (Å²) in [6, 6.07) is 5.64. The van der Waals surface area contributed by atoms with Gasteiger partial charge in [-0.25, -0.2) is 4.39 Å². The number of hydrogen-bond acceptors (Lipinski definition) is 2. The maximum Gasteiger partial charge on any atom is 0.417 e. The topological polar surface area (TPSA) is 48.0 Å². The van der Waals surface area contributed by atoms with Crippen LogP contribution in [0.4, 0.5) is 23.2 Å². The molecule has 2 aromatic rings. The van der Waals surface area contributed by atoms with Crippen molar-refractivity contribution in [2.24, 2.45) is 0 Å². The second-order valence-corrected chi connectivity index (χ2v) is 4.20. The highest BCUT2D eigenvalue weighted by molar-refractivity contribution is 5.43. The molecule has 0 amide bonds. The van der Waals surface area contributed by atoms with Gasteiger partial charge in [-0.15, -0.1) is 0 Å². The summed E-state index contributed by atoms with van der Waals surface area (Å²) in [5.74, 6) is -0.739. The van der Waals surface area contributed by atoms with Gasteiger partial charge in [0.25, 0.3) is 5.56 Å². The van der Waals surface area contributed by atoms with Crippen molar-refractivity contribution in [1.29, 1.82) is 0 Å². The van der Waals surface area contributed by atoms with Crippen LogP contribution < -0.4 is 11.3 Å². The number of nitrogens with two attached hydrogens (primary N) is 1. The molecule has 0 spiro atoms. The largest absolute Gasteiger partial charge is 0.417 e. The van der Waals surface area contributed by atoms with Crippen molar-refractivity contribution in [2.45, 2.75) is 12.7 Å². The third kappa shape index (κ3) is 2.81. The molecule has 0 unspecified atom stereocenters. The maximum atomic E-state index is 13.7. The predicted octanol–water partition coefficient (Wildman–Crippen LogP) is 2.64. The van der Waals surface area contributed by atoms with E-state index in [2.05, 4.69) is 0 Å². The van der Waals surface area contributed by atoms with Gasteiger partial charge >= 0.3 is 6.18 Å². The van der Waals surface area contributed by atoms with Gasteiger partial charge in [-0.1, -0.05) is 12.1 Å². The molecule has 0 fully saturated rings. The van der Waals surface area contributed by atoms with Crippen LogP contribution in [0, 0.1) is 5.82 Å². The average molecular weight is 286 g/mol. The van der Waals surface area contributed by atoms with Crippen LogP contribution in [0.3, 0.4) is 0 Å². The van der Waals surface area contributed by atoms with E-state index in [1.54, 1.807) is 0 Å². The van der Waals surface area contributed by atoms with Gasteiger partial charge in [0, 0.05) is 17.8 Å². The molecular formula is C13H10F4N2O. The first-order valence-corrected chi connectivity index (χ1v) is 5.59. The number of halogens is 4. The Bertz CT molecular complexity index is 692. The zero-order chi connectivity index (χ0) is 14.9. The van der Waals surface area contributed by atoms with E-state index in [9.17, 15) is 22.4 Å². The maximum absolute atomic E-state index is 13.7. The van der Waals surface area contributed by atoms with Crippen molar-refractivity contribution < 1.29 is 17.6 Å². The summed E-state index contributed by atoms with van der Waals surface area (Å²) >= 11 is 0. The van der Waals surface area contributed by atoms with Gasteiger partial charge in [-0.05, 0) is 12.1 Å². The van der Waals surface area contributed by atoms with Crippen LogP contribution in [0.15, 0.2) is 41.3 Å². The van der Waals surface area contributed by atoms with Crippen LogP contribution in [0.2, 0.25) is 0 Å². The minimum Gasteiger partial charge on any atom is -0.396 e. The molecule has 1 heterocycles. The molecule has 0 radical (unpaired) electrons. The monoisotopic (exact) mass is 286 g/mol. The molecule has 2 rings (SSSR count). The van der Waals surface area contributed by atoms with E-state index in [4.69, 9.17) is 5.73 Å². The summed E-state index contributed by atoms with van der Waals surface area (Å²) in [4.78, 5) is 11.5. The van der Waals surface area contributed by atoms with Gasteiger partial charge in [-0.3, -0.25) is 4.79 Å². The highest BCUT2D eigenvalue weighted by Crippen LogP contribution is 2.28. The van der Waals surface area contributed by atoms with Crippen LogP contribution >= 0.6 is 0 Å². The van der Waals surface area contributed by atoms with E-state index in [0.29, 0.717) is 12.3 Å². The zero-order valence-corrected chi connectivity index (χ0v) is 10.1. The molecule has 3 nitrogen and oxygen atoms in total. The fraction of sp³-hybridized carbons (Fsp3) is 0.154. The van der Waals surface area contributed by atoms with E-state index in [1.165, 1.54) is 18.2 Å². The van der Waals surface area contributed by atoms with Crippen molar-refractivity contribution in [3.63, 3.8) is 0 Å². The molecule has 7 heteroatoms. The Morgan fingerprint density at radius 1 is 1.15 bits per heavy atom. The van der Waals surface area contributed by atoms with Crippen LogP contribution in [0.1, 0.15) is 11.1 Å². The van der Waals surface area contributed by atoms with Gasteiger partial charge < -0.3 is 10.3 Å². The molecule has 0 aliphatic rings. The molecule has 20 heavy (non-hydrogen) atoms. The molecule has 106 valence electrons. The number of pyridine rings is 1. The molecule has 1 aromatic carbocycles. The number of benzene rings is 1. The van der Waals surface area contributed by atoms with Gasteiger partial charge in [0.1, 0.15) is 0 Å². The molecular weight excluding hydrogens is 276 g/mol. The summed E-state index contributed by atoms with van der Waals surface area (Å²) in [6.45, 7) is -0.320. The van der Waals surface area contributed by atoms with E-state index in [0.717, 1.165) is 10.6 Å². The predicted molar refractivity (Wildman–Crippen MR) is 65.6 cm³/mol. The lowest BCUT2D eigenvalue weighted by atomic mass is 10.1. The number of nitrogen functional groups attached to an aromatic ring is 1. The minimum atomic E-state index is -4.57. The van der Waals surface area contributed by atoms with Crippen molar-refractivity contribution in [3.05, 3.63) is 63.8 Å². The zero-order valence-electron chi connectivity index (χ0n) is 10.1. The lowest BCUT2D eigenvalue weighted by Crippen LogP contribution is -2.22. The van der Waals surface area contributed by atoms with Crippen LogP contribution in [-0.2, 0) is 12.7 Å². The molecule has 0 atom stereocenters. The molecule has 0 saturated heterocycles. The first-order valence-electron chi connectivity index (χ1n) is 5.59. The standard InChI is InChI=1S/C13H10F4N2O/c14-12-8(2-1-3-10(12)18)6-19-7-9(13(15,16)17)4-5-11(19)20/h1-5,7H,6,18H2. The van der Waals surface area contributed by atoms with Crippen LogP contribution in [0.25, 0.3) is 0 Å². The summed E-state index contributed by atoms with van der Waals surface area (Å²) in [5.41, 5.74) is 3.67. The lowest BCUT2D eigenvalue weighted by molar-refractivity contribution is -0.138. The summed E-state index contributed by atoms with van der Waals surface area (Å²) in [5, 5.41) is 0.